The summed E-state index contributed by atoms with van der Waals surface area (Å²) in [5.41, 5.74) is 0.993. The summed E-state index contributed by atoms with van der Waals surface area (Å²) in [5, 5.41) is 12.8. The Balaban J connectivity index is 1.96. The third-order valence-corrected chi connectivity index (χ3v) is 3.24. The molecule has 6 heteroatoms. The average molecular weight is 323 g/mol. The molecule has 1 aliphatic heterocycles. The van der Waals surface area contributed by atoms with Crippen LogP contribution in [0, 0.1) is 0 Å². The van der Waals surface area contributed by atoms with Gasteiger partial charge in [-0.1, -0.05) is 6.07 Å². The Bertz CT molecular complexity index is 577. The minimum absolute atomic E-state index is 0.0703. The predicted molar refractivity (Wildman–Crippen MR) is 85.1 cm³/mol. The fourth-order valence-electron chi connectivity index (χ4n) is 2.18. The SMILES string of the molecule is CC(C)(C)OC(=O)NC[C@@H](O)c1ccc2c(c1)COC(C)(C)O2. The molecule has 1 heterocycles. The summed E-state index contributed by atoms with van der Waals surface area (Å²) in [4.78, 5) is 11.6. The van der Waals surface area contributed by atoms with Crippen LogP contribution in [0.1, 0.15) is 51.8 Å². The second kappa shape index (κ2) is 6.37. The monoisotopic (exact) mass is 323 g/mol. The van der Waals surface area contributed by atoms with Crippen molar-refractivity contribution in [1.29, 1.82) is 0 Å². The van der Waals surface area contributed by atoms with Crippen LogP contribution in [-0.4, -0.2) is 29.1 Å². The third-order valence-electron chi connectivity index (χ3n) is 3.24. The molecular formula is C17H25NO5. The zero-order valence-electron chi connectivity index (χ0n) is 14.3. The molecule has 0 unspecified atom stereocenters. The molecule has 0 aliphatic carbocycles. The Morgan fingerprint density at radius 3 is 2.78 bits per heavy atom. The Kier molecular flexibility index (Phi) is 4.87. The van der Waals surface area contributed by atoms with Crippen molar-refractivity contribution in [2.45, 2.75) is 58.7 Å². The number of carbonyl (C=O) groups is 1. The van der Waals surface area contributed by atoms with Crippen molar-refractivity contribution in [2.24, 2.45) is 0 Å². The number of fused-ring (bicyclic) bond motifs is 1. The molecule has 0 fully saturated rings. The van der Waals surface area contributed by atoms with Gasteiger partial charge in [-0.2, -0.15) is 0 Å². The highest BCUT2D eigenvalue weighted by Gasteiger charge is 2.27. The first-order chi connectivity index (χ1) is 10.6. The minimum atomic E-state index is -0.831. The van der Waals surface area contributed by atoms with Gasteiger partial charge in [-0.05, 0) is 38.5 Å². The summed E-state index contributed by atoms with van der Waals surface area (Å²) in [7, 11) is 0. The number of aliphatic hydroxyl groups is 1. The number of hydrogen-bond acceptors (Lipinski definition) is 5. The first kappa shape index (κ1) is 17.6. The van der Waals surface area contributed by atoms with Crippen LogP contribution in [0.5, 0.6) is 5.75 Å². The van der Waals surface area contributed by atoms with Gasteiger partial charge in [0.15, 0.2) is 0 Å². The number of nitrogens with one attached hydrogen (secondary N) is 1. The number of carbonyl (C=O) groups excluding carboxylic acids is 1. The summed E-state index contributed by atoms with van der Waals surface area (Å²) in [6.45, 7) is 9.55. The zero-order valence-corrected chi connectivity index (χ0v) is 14.3. The summed E-state index contributed by atoms with van der Waals surface area (Å²) >= 11 is 0. The standard InChI is InChI=1S/C17H25NO5/c1-16(2,3)23-15(20)18-9-13(19)11-6-7-14-12(8-11)10-21-17(4,5)22-14/h6-8,13,19H,9-10H2,1-5H3,(H,18,20)/t13-/m1/s1. The largest absolute Gasteiger partial charge is 0.463 e. The van der Waals surface area contributed by atoms with E-state index in [1.54, 1.807) is 26.8 Å². The topological polar surface area (TPSA) is 77.0 Å². The van der Waals surface area contributed by atoms with Crippen LogP contribution in [0.4, 0.5) is 4.79 Å². The van der Waals surface area contributed by atoms with Crippen molar-refractivity contribution < 1.29 is 24.1 Å². The highest BCUT2D eigenvalue weighted by Crippen LogP contribution is 2.32. The highest BCUT2D eigenvalue weighted by atomic mass is 16.7. The van der Waals surface area contributed by atoms with Crippen molar-refractivity contribution >= 4 is 6.09 Å². The number of ether oxygens (including phenoxy) is 3. The Hall–Kier alpha value is -1.79. The first-order valence-corrected chi connectivity index (χ1v) is 7.66. The second-order valence-electron chi connectivity index (χ2n) is 7.06. The third kappa shape index (κ3) is 5.11. The van der Waals surface area contributed by atoms with Crippen LogP contribution in [0.15, 0.2) is 18.2 Å². The molecule has 0 radical (unpaired) electrons. The summed E-state index contributed by atoms with van der Waals surface area (Å²) in [6, 6.07) is 5.42. The molecule has 1 atom stereocenters. The fraction of sp³-hybridized carbons (Fsp3) is 0.588. The van der Waals surface area contributed by atoms with E-state index in [9.17, 15) is 9.90 Å². The molecule has 1 aliphatic rings. The van der Waals surface area contributed by atoms with E-state index in [1.165, 1.54) is 0 Å². The molecule has 0 spiro atoms. The number of hydrogen-bond donors (Lipinski definition) is 2. The van der Waals surface area contributed by atoms with Gasteiger partial charge in [-0.3, -0.25) is 0 Å². The maximum atomic E-state index is 11.6. The quantitative estimate of drug-likeness (QED) is 0.894. The van der Waals surface area contributed by atoms with Gasteiger partial charge in [0.2, 0.25) is 5.79 Å². The lowest BCUT2D eigenvalue weighted by molar-refractivity contribution is -0.180. The molecule has 2 rings (SSSR count). The van der Waals surface area contributed by atoms with E-state index in [0.29, 0.717) is 12.2 Å². The number of aliphatic hydroxyl groups excluding tert-OH is 1. The van der Waals surface area contributed by atoms with Crippen LogP contribution in [0.3, 0.4) is 0 Å². The molecule has 1 aromatic rings. The molecule has 128 valence electrons. The molecular weight excluding hydrogens is 298 g/mol. The van der Waals surface area contributed by atoms with E-state index in [0.717, 1.165) is 11.3 Å². The summed E-state index contributed by atoms with van der Waals surface area (Å²) < 4.78 is 16.4. The van der Waals surface area contributed by atoms with Crippen LogP contribution in [0.2, 0.25) is 0 Å². The zero-order chi connectivity index (χ0) is 17.3. The Morgan fingerprint density at radius 1 is 1.43 bits per heavy atom. The molecule has 1 amide bonds. The van der Waals surface area contributed by atoms with Gasteiger partial charge in [-0.25, -0.2) is 4.79 Å². The maximum absolute atomic E-state index is 11.6. The van der Waals surface area contributed by atoms with Crippen LogP contribution in [-0.2, 0) is 16.1 Å². The van der Waals surface area contributed by atoms with E-state index in [4.69, 9.17) is 14.2 Å². The van der Waals surface area contributed by atoms with Gasteiger partial charge >= 0.3 is 6.09 Å². The lowest BCUT2D eigenvalue weighted by atomic mass is 10.0. The number of amides is 1. The van der Waals surface area contributed by atoms with Crippen molar-refractivity contribution in [3.05, 3.63) is 29.3 Å². The number of alkyl carbamates (subject to hydrolysis) is 1. The molecule has 1 aromatic carbocycles. The lowest BCUT2D eigenvalue weighted by Crippen LogP contribution is -2.36. The Labute approximate surface area is 136 Å². The van der Waals surface area contributed by atoms with Crippen molar-refractivity contribution in [2.75, 3.05) is 6.54 Å². The number of rotatable bonds is 3. The predicted octanol–water partition coefficient (Wildman–Crippen LogP) is 2.89. The summed E-state index contributed by atoms with van der Waals surface area (Å²) in [6.07, 6.45) is -1.38. The fourth-order valence-corrected chi connectivity index (χ4v) is 2.18. The molecule has 0 saturated carbocycles. The van der Waals surface area contributed by atoms with E-state index in [2.05, 4.69) is 5.32 Å². The van der Waals surface area contributed by atoms with Crippen molar-refractivity contribution in [3.63, 3.8) is 0 Å². The van der Waals surface area contributed by atoms with Crippen molar-refractivity contribution in [1.82, 2.24) is 5.32 Å². The molecule has 6 nitrogen and oxygen atoms in total. The second-order valence-corrected chi connectivity index (χ2v) is 7.06. The minimum Gasteiger partial charge on any atom is -0.463 e. The molecule has 0 aromatic heterocycles. The molecule has 2 N–H and O–H groups in total. The molecule has 0 saturated heterocycles. The van der Waals surface area contributed by atoms with Gasteiger partial charge < -0.3 is 24.6 Å². The normalized spacial score (nSPS) is 17.7. The summed E-state index contributed by atoms with van der Waals surface area (Å²) in [5.74, 6) is 0.100. The molecule has 0 bridgehead atoms. The van der Waals surface area contributed by atoms with Gasteiger partial charge in [0.05, 0.1) is 19.3 Å². The van der Waals surface area contributed by atoms with Gasteiger partial charge in [-0.15, -0.1) is 0 Å². The van der Waals surface area contributed by atoms with Gasteiger partial charge in [0.1, 0.15) is 11.4 Å². The number of benzene rings is 1. The lowest BCUT2D eigenvalue weighted by Gasteiger charge is -2.33. The van der Waals surface area contributed by atoms with E-state index in [-0.39, 0.29) is 6.54 Å². The van der Waals surface area contributed by atoms with Crippen LogP contribution in [0.25, 0.3) is 0 Å². The van der Waals surface area contributed by atoms with Gasteiger partial charge in [0, 0.05) is 19.4 Å². The van der Waals surface area contributed by atoms with E-state index in [1.807, 2.05) is 26.0 Å². The van der Waals surface area contributed by atoms with Crippen molar-refractivity contribution in [3.8, 4) is 5.75 Å². The average Bonchev–Trinajstić information content (AvgIpc) is 2.41. The highest BCUT2D eigenvalue weighted by molar-refractivity contribution is 5.67. The first-order valence-electron chi connectivity index (χ1n) is 7.66. The smallest absolute Gasteiger partial charge is 0.407 e. The maximum Gasteiger partial charge on any atom is 0.407 e. The van der Waals surface area contributed by atoms with E-state index >= 15 is 0 Å². The van der Waals surface area contributed by atoms with Crippen LogP contribution < -0.4 is 10.1 Å². The van der Waals surface area contributed by atoms with Crippen LogP contribution >= 0.6 is 0 Å². The molecule has 23 heavy (non-hydrogen) atoms. The van der Waals surface area contributed by atoms with Gasteiger partial charge in [0.25, 0.3) is 0 Å². The Morgan fingerprint density at radius 2 is 2.13 bits per heavy atom. The van der Waals surface area contributed by atoms with E-state index < -0.39 is 23.6 Å².